The number of carbonyl (C=O) groups excluding carboxylic acids is 1. The van der Waals surface area contributed by atoms with E-state index in [1.807, 2.05) is 64.2 Å². The molecule has 2 aromatic rings. The maximum Gasteiger partial charge on any atom is 0.338 e. The molecule has 0 radical (unpaired) electrons. The molecule has 0 amide bonds. The molecule has 34 heavy (non-hydrogen) atoms. The second kappa shape index (κ2) is 11.0. The molecule has 0 bridgehead atoms. The topological polar surface area (TPSA) is 76.8 Å². The molecule has 1 N–H and O–H groups in total. The van der Waals surface area contributed by atoms with E-state index in [2.05, 4.69) is 15.9 Å². The first-order valence-corrected chi connectivity index (χ1v) is 12.1. The van der Waals surface area contributed by atoms with Crippen molar-refractivity contribution in [1.82, 2.24) is 4.90 Å². The summed E-state index contributed by atoms with van der Waals surface area (Å²) in [6.45, 7) is 9.06. The number of rotatable bonds is 8. The summed E-state index contributed by atoms with van der Waals surface area (Å²) in [7, 11) is 2.01. The van der Waals surface area contributed by atoms with Crippen molar-refractivity contribution in [1.29, 1.82) is 5.26 Å². The number of esters is 1. The molecule has 1 heterocycles. The number of hydrogen-bond donors (Lipinski definition) is 1. The van der Waals surface area contributed by atoms with Gasteiger partial charge in [0.1, 0.15) is 5.60 Å². The molecule has 0 saturated carbocycles. The van der Waals surface area contributed by atoms with Gasteiger partial charge in [-0.2, -0.15) is 5.26 Å². The number of carbonyl (C=O) groups is 1. The lowest BCUT2D eigenvalue weighted by Crippen LogP contribution is -2.46. The molecule has 1 aliphatic rings. The Morgan fingerprint density at radius 2 is 1.74 bits per heavy atom. The van der Waals surface area contributed by atoms with Gasteiger partial charge in [-0.05, 0) is 88.4 Å². The van der Waals surface area contributed by atoms with Crippen molar-refractivity contribution in [2.24, 2.45) is 0 Å². The highest BCUT2D eigenvalue weighted by Crippen LogP contribution is 2.27. The number of anilines is 1. The van der Waals surface area contributed by atoms with Crippen molar-refractivity contribution in [3.05, 3.63) is 65.2 Å². The molecule has 182 valence electrons. The van der Waals surface area contributed by atoms with Crippen LogP contribution in [0.5, 0.6) is 0 Å². The van der Waals surface area contributed by atoms with Crippen LogP contribution in [0.15, 0.2) is 48.5 Å². The van der Waals surface area contributed by atoms with Gasteiger partial charge in [-0.15, -0.1) is 0 Å². The van der Waals surface area contributed by atoms with Gasteiger partial charge in [-0.1, -0.05) is 12.1 Å². The molecular formula is C28H37N3O3. The largest absolute Gasteiger partial charge is 0.456 e. The molecule has 0 aliphatic carbocycles. The highest BCUT2D eigenvalue weighted by atomic mass is 16.6. The number of likely N-dealkylation sites (tertiary alicyclic amines) is 1. The van der Waals surface area contributed by atoms with Crippen molar-refractivity contribution in [2.75, 3.05) is 38.1 Å². The van der Waals surface area contributed by atoms with E-state index in [0.29, 0.717) is 17.5 Å². The molecule has 1 aliphatic heterocycles. The van der Waals surface area contributed by atoms with E-state index in [9.17, 15) is 9.90 Å². The SMILES string of the molecule is CN(CCC1(O)CCN(CCc2ccc(C#N)cc2)CC1)c1ccc(C(=O)OC(C)(C)C)cc1. The second-order valence-electron chi connectivity index (χ2n) is 10.3. The van der Waals surface area contributed by atoms with Gasteiger partial charge in [0.05, 0.1) is 22.8 Å². The van der Waals surface area contributed by atoms with Crippen LogP contribution in [-0.4, -0.2) is 60.4 Å². The van der Waals surface area contributed by atoms with Crippen LogP contribution >= 0.6 is 0 Å². The first-order chi connectivity index (χ1) is 16.1. The predicted molar refractivity (Wildman–Crippen MR) is 135 cm³/mol. The number of benzene rings is 2. The summed E-state index contributed by atoms with van der Waals surface area (Å²) < 4.78 is 5.42. The Balaban J connectivity index is 1.42. The fourth-order valence-corrected chi connectivity index (χ4v) is 4.17. The molecule has 0 unspecified atom stereocenters. The zero-order valence-electron chi connectivity index (χ0n) is 20.9. The quantitative estimate of drug-likeness (QED) is 0.585. The van der Waals surface area contributed by atoms with Crippen LogP contribution in [-0.2, 0) is 11.2 Å². The van der Waals surface area contributed by atoms with Crippen LogP contribution in [0.4, 0.5) is 5.69 Å². The molecule has 6 nitrogen and oxygen atoms in total. The third kappa shape index (κ3) is 7.58. The predicted octanol–water partition coefficient (Wildman–Crippen LogP) is 4.41. The number of ether oxygens (including phenoxy) is 1. The normalized spacial score (nSPS) is 16.0. The number of nitrogens with zero attached hydrogens (tertiary/aromatic N) is 3. The molecule has 3 rings (SSSR count). The van der Waals surface area contributed by atoms with Gasteiger partial charge in [-0.25, -0.2) is 4.79 Å². The van der Waals surface area contributed by atoms with E-state index in [0.717, 1.165) is 51.1 Å². The lowest BCUT2D eigenvalue weighted by atomic mass is 9.88. The van der Waals surface area contributed by atoms with Gasteiger partial charge < -0.3 is 19.6 Å². The van der Waals surface area contributed by atoms with Crippen molar-refractivity contribution < 1.29 is 14.6 Å². The Morgan fingerprint density at radius 1 is 1.12 bits per heavy atom. The molecule has 1 fully saturated rings. The zero-order valence-corrected chi connectivity index (χ0v) is 20.9. The minimum Gasteiger partial charge on any atom is -0.456 e. The summed E-state index contributed by atoms with van der Waals surface area (Å²) in [6, 6.07) is 17.4. The van der Waals surface area contributed by atoms with Crippen LogP contribution in [0.25, 0.3) is 0 Å². The van der Waals surface area contributed by atoms with E-state index in [4.69, 9.17) is 10.00 Å². The average Bonchev–Trinajstić information content (AvgIpc) is 2.82. The Bertz CT molecular complexity index is 980. The second-order valence-corrected chi connectivity index (χ2v) is 10.3. The summed E-state index contributed by atoms with van der Waals surface area (Å²) in [5, 5.41) is 20.0. The lowest BCUT2D eigenvalue weighted by molar-refractivity contribution is -0.0254. The molecule has 2 aromatic carbocycles. The highest BCUT2D eigenvalue weighted by molar-refractivity contribution is 5.90. The number of aliphatic hydroxyl groups is 1. The lowest BCUT2D eigenvalue weighted by Gasteiger charge is -2.39. The minimum atomic E-state index is -0.643. The fourth-order valence-electron chi connectivity index (χ4n) is 4.17. The summed E-state index contributed by atoms with van der Waals surface area (Å²) >= 11 is 0. The van der Waals surface area contributed by atoms with Gasteiger partial charge in [-0.3, -0.25) is 0 Å². The molecular weight excluding hydrogens is 426 g/mol. The van der Waals surface area contributed by atoms with Crippen LogP contribution < -0.4 is 4.90 Å². The highest BCUT2D eigenvalue weighted by Gasteiger charge is 2.32. The van der Waals surface area contributed by atoms with E-state index in [-0.39, 0.29) is 5.97 Å². The Hall–Kier alpha value is -2.88. The van der Waals surface area contributed by atoms with Crippen LogP contribution in [0, 0.1) is 11.3 Å². The Morgan fingerprint density at radius 3 is 2.29 bits per heavy atom. The van der Waals surface area contributed by atoms with Crippen LogP contribution in [0.1, 0.15) is 61.5 Å². The van der Waals surface area contributed by atoms with E-state index in [1.54, 1.807) is 12.1 Å². The van der Waals surface area contributed by atoms with E-state index >= 15 is 0 Å². The monoisotopic (exact) mass is 463 g/mol. The fraction of sp³-hybridized carbons (Fsp3) is 0.500. The maximum atomic E-state index is 12.2. The van der Waals surface area contributed by atoms with Gasteiger partial charge in [0, 0.05) is 38.9 Å². The Kier molecular flexibility index (Phi) is 8.35. The van der Waals surface area contributed by atoms with Gasteiger partial charge in [0.15, 0.2) is 0 Å². The molecule has 0 aromatic heterocycles. The van der Waals surface area contributed by atoms with E-state index < -0.39 is 11.2 Å². The summed E-state index contributed by atoms with van der Waals surface area (Å²) in [6.07, 6.45) is 3.20. The zero-order chi connectivity index (χ0) is 24.8. The van der Waals surface area contributed by atoms with Gasteiger partial charge >= 0.3 is 5.97 Å². The molecule has 0 atom stereocenters. The first kappa shape index (κ1) is 25.7. The summed E-state index contributed by atoms with van der Waals surface area (Å²) in [4.78, 5) is 16.7. The van der Waals surface area contributed by atoms with Gasteiger partial charge in [0.2, 0.25) is 0 Å². The van der Waals surface area contributed by atoms with Crippen LogP contribution in [0.3, 0.4) is 0 Å². The molecule has 0 spiro atoms. The number of nitriles is 1. The number of hydrogen-bond acceptors (Lipinski definition) is 6. The number of piperidine rings is 1. The first-order valence-electron chi connectivity index (χ1n) is 12.1. The van der Waals surface area contributed by atoms with Crippen molar-refractivity contribution in [2.45, 2.75) is 57.7 Å². The van der Waals surface area contributed by atoms with Gasteiger partial charge in [0.25, 0.3) is 0 Å². The van der Waals surface area contributed by atoms with Crippen molar-refractivity contribution in [3.8, 4) is 6.07 Å². The maximum absolute atomic E-state index is 12.2. The van der Waals surface area contributed by atoms with E-state index in [1.165, 1.54) is 5.56 Å². The smallest absolute Gasteiger partial charge is 0.338 e. The standard InChI is InChI=1S/C28H37N3O3/c1-27(2,3)34-26(32)24-9-11-25(12-10-24)30(4)18-14-28(33)15-19-31(20-16-28)17-13-22-5-7-23(21-29)8-6-22/h5-12,33H,13-20H2,1-4H3. The third-order valence-electron chi connectivity index (χ3n) is 6.44. The summed E-state index contributed by atoms with van der Waals surface area (Å²) in [5.74, 6) is -0.318. The van der Waals surface area contributed by atoms with Crippen molar-refractivity contribution >= 4 is 11.7 Å². The third-order valence-corrected chi connectivity index (χ3v) is 6.44. The van der Waals surface area contributed by atoms with Crippen molar-refractivity contribution in [3.63, 3.8) is 0 Å². The minimum absolute atomic E-state index is 0.318. The summed E-state index contributed by atoms with van der Waals surface area (Å²) in [5.41, 5.74) is 2.32. The Labute approximate surface area is 203 Å². The van der Waals surface area contributed by atoms with Crippen LogP contribution in [0.2, 0.25) is 0 Å². The average molecular weight is 464 g/mol. The molecule has 1 saturated heterocycles. The molecule has 6 heteroatoms.